The largest absolute Gasteiger partial charge is 0.492 e. The zero-order chi connectivity index (χ0) is 16.0. The number of nitrogens with zero attached hydrogens (tertiary/aromatic N) is 2. The van der Waals surface area contributed by atoms with Gasteiger partial charge in [-0.25, -0.2) is 0 Å². The number of hydrogen-bond donors (Lipinski definition) is 0. The van der Waals surface area contributed by atoms with Gasteiger partial charge in [-0.15, -0.1) is 6.58 Å². The van der Waals surface area contributed by atoms with E-state index in [1.54, 1.807) is 42.7 Å². The van der Waals surface area contributed by atoms with E-state index in [2.05, 4.69) is 17.6 Å². The van der Waals surface area contributed by atoms with Crippen LogP contribution < -0.4 is 4.74 Å². The average molecular weight is 333 g/mol. The molecule has 2 rings (SSSR count). The van der Waals surface area contributed by atoms with E-state index in [1.165, 1.54) is 0 Å². The molecule has 0 saturated carbocycles. The minimum absolute atomic E-state index is 0.166. The van der Waals surface area contributed by atoms with E-state index in [-0.39, 0.29) is 6.61 Å². The standard InChI is InChI=1S/C17H14Cl2N2O/c1-2-7-17(11-20,13-4-3-8-21-10-13)12-22-14-5-6-15(18)16(19)9-14/h2-6,8-10H,1,7,12H2. The van der Waals surface area contributed by atoms with Crippen molar-refractivity contribution in [2.24, 2.45) is 0 Å². The first kappa shape index (κ1) is 16.4. The first-order valence-corrected chi connectivity index (χ1v) is 7.37. The summed E-state index contributed by atoms with van der Waals surface area (Å²) in [5.41, 5.74) is -0.0558. The molecule has 22 heavy (non-hydrogen) atoms. The van der Waals surface area contributed by atoms with E-state index in [1.807, 2.05) is 6.07 Å². The van der Waals surface area contributed by atoms with E-state index < -0.39 is 5.41 Å². The molecule has 0 N–H and O–H groups in total. The Morgan fingerprint density at radius 3 is 2.73 bits per heavy atom. The molecule has 0 aliphatic carbocycles. The number of halogens is 2. The van der Waals surface area contributed by atoms with Crippen LogP contribution in [0, 0.1) is 11.3 Å². The lowest BCUT2D eigenvalue weighted by Gasteiger charge is -2.25. The fourth-order valence-corrected chi connectivity index (χ4v) is 2.36. The fraction of sp³-hybridized carbons (Fsp3) is 0.176. The van der Waals surface area contributed by atoms with Crippen molar-refractivity contribution in [2.45, 2.75) is 11.8 Å². The van der Waals surface area contributed by atoms with Gasteiger partial charge in [0.2, 0.25) is 0 Å². The number of aromatic nitrogens is 1. The maximum absolute atomic E-state index is 9.69. The second-order valence-electron chi connectivity index (χ2n) is 4.79. The Kier molecular flexibility index (Phi) is 5.43. The quantitative estimate of drug-likeness (QED) is 0.713. The summed E-state index contributed by atoms with van der Waals surface area (Å²) >= 11 is 11.9. The smallest absolute Gasteiger partial charge is 0.121 e. The highest BCUT2D eigenvalue weighted by molar-refractivity contribution is 6.42. The maximum Gasteiger partial charge on any atom is 0.121 e. The molecule has 1 heterocycles. The summed E-state index contributed by atoms with van der Waals surface area (Å²) in [6, 6.07) is 11.0. The molecule has 2 aromatic rings. The molecule has 1 atom stereocenters. The van der Waals surface area contributed by atoms with Gasteiger partial charge in [0.1, 0.15) is 17.8 Å². The number of rotatable bonds is 6. The highest BCUT2D eigenvalue weighted by Gasteiger charge is 2.32. The van der Waals surface area contributed by atoms with E-state index in [0.717, 1.165) is 5.56 Å². The van der Waals surface area contributed by atoms with Gasteiger partial charge in [-0.2, -0.15) is 5.26 Å². The molecule has 0 bridgehead atoms. The molecular formula is C17H14Cl2N2O. The molecule has 0 aliphatic rings. The van der Waals surface area contributed by atoms with Crippen molar-refractivity contribution >= 4 is 23.2 Å². The zero-order valence-electron chi connectivity index (χ0n) is 11.8. The van der Waals surface area contributed by atoms with E-state index in [0.29, 0.717) is 22.2 Å². The normalized spacial score (nSPS) is 13.0. The zero-order valence-corrected chi connectivity index (χ0v) is 13.3. The molecule has 0 fully saturated rings. The summed E-state index contributed by atoms with van der Waals surface area (Å²) in [6.45, 7) is 3.90. The van der Waals surface area contributed by atoms with Gasteiger partial charge in [-0.05, 0) is 30.2 Å². The lowest BCUT2D eigenvalue weighted by atomic mass is 9.80. The van der Waals surface area contributed by atoms with Gasteiger partial charge >= 0.3 is 0 Å². The minimum atomic E-state index is -0.845. The number of hydrogen-bond acceptors (Lipinski definition) is 3. The molecule has 1 unspecified atom stereocenters. The molecule has 0 radical (unpaired) electrons. The molecule has 0 spiro atoms. The SMILES string of the molecule is C=CCC(C#N)(COc1ccc(Cl)c(Cl)c1)c1cccnc1. The minimum Gasteiger partial charge on any atom is -0.492 e. The molecule has 1 aromatic carbocycles. The lowest BCUT2D eigenvalue weighted by Crippen LogP contribution is -2.31. The Morgan fingerprint density at radius 2 is 2.14 bits per heavy atom. The van der Waals surface area contributed by atoms with Gasteiger partial charge in [-0.1, -0.05) is 35.3 Å². The summed E-state index contributed by atoms with van der Waals surface area (Å²) in [4.78, 5) is 4.08. The first-order valence-electron chi connectivity index (χ1n) is 6.62. The third-order valence-corrected chi connectivity index (χ3v) is 4.04. The number of ether oxygens (including phenoxy) is 1. The van der Waals surface area contributed by atoms with Crippen LogP contribution in [0.25, 0.3) is 0 Å². The predicted octanol–water partition coefficient (Wildman–Crippen LogP) is 4.80. The second kappa shape index (κ2) is 7.31. The van der Waals surface area contributed by atoms with Gasteiger partial charge in [0.25, 0.3) is 0 Å². The van der Waals surface area contributed by atoms with Crippen molar-refractivity contribution in [2.75, 3.05) is 6.61 Å². The van der Waals surface area contributed by atoms with Crippen molar-refractivity contribution in [3.05, 3.63) is 71.0 Å². The van der Waals surface area contributed by atoms with Gasteiger partial charge in [0.05, 0.1) is 16.1 Å². The maximum atomic E-state index is 9.69. The van der Waals surface area contributed by atoms with E-state index >= 15 is 0 Å². The lowest BCUT2D eigenvalue weighted by molar-refractivity contribution is 0.252. The summed E-state index contributed by atoms with van der Waals surface area (Å²) in [6.07, 6.45) is 5.50. The summed E-state index contributed by atoms with van der Waals surface area (Å²) in [5.74, 6) is 0.557. The molecular weight excluding hydrogens is 319 g/mol. The first-order chi connectivity index (χ1) is 10.6. The molecule has 112 valence electrons. The van der Waals surface area contributed by atoms with Crippen molar-refractivity contribution in [3.63, 3.8) is 0 Å². The van der Waals surface area contributed by atoms with E-state index in [4.69, 9.17) is 27.9 Å². The topological polar surface area (TPSA) is 45.9 Å². The number of allylic oxidation sites excluding steroid dienone is 1. The third kappa shape index (κ3) is 3.59. The highest BCUT2D eigenvalue weighted by Crippen LogP contribution is 2.31. The van der Waals surface area contributed by atoms with Gasteiger partial charge < -0.3 is 4.74 Å². The predicted molar refractivity (Wildman–Crippen MR) is 88.3 cm³/mol. The van der Waals surface area contributed by atoms with Crippen LogP contribution in [-0.2, 0) is 5.41 Å². The molecule has 1 aromatic heterocycles. The average Bonchev–Trinajstić information content (AvgIpc) is 2.55. The Morgan fingerprint density at radius 1 is 1.32 bits per heavy atom. The van der Waals surface area contributed by atoms with Crippen molar-refractivity contribution in [3.8, 4) is 11.8 Å². The van der Waals surface area contributed by atoms with Gasteiger partial charge in [0, 0.05) is 18.5 Å². The molecule has 0 saturated heterocycles. The highest BCUT2D eigenvalue weighted by atomic mass is 35.5. The molecule has 3 nitrogen and oxygen atoms in total. The monoisotopic (exact) mass is 332 g/mol. The molecule has 0 aliphatic heterocycles. The molecule has 0 amide bonds. The summed E-state index contributed by atoms with van der Waals surface area (Å²) in [7, 11) is 0. The Balaban J connectivity index is 2.26. The van der Waals surface area contributed by atoms with Crippen molar-refractivity contribution < 1.29 is 4.74 Å². The van der Waals surface area contributed by atoms with Crippen LogP contribution in [0.15, 0.2) is 55.4 Å². The van der Waals surface area contributed by atoms with Crippen LogP contribution >= 0.6 is 23.2 Å². The van der Waals surface area contributed by atoms with Crippen LogP contribution in [-0.4, -0.2) is 11.6 Å². The van der Waals surface area contributed by atoms with Gasteiger partial charge in [0.15, 0.2) is 0 Å². The van der Waals surface area contributed by atoms with Crippen LogP contribution in [0.4, 0.5) is 0 Å². The van der Waals surface area contributed by atoms with Crippen molar-refractivity contribution in [1.29, 1.82) is 5.26 Å². The number of pyridine rings is 1. The van der Waals surface area contributed by atoms with Crippen molar-refractivity contribution in [1.82, 2.24) is 4.98 Å². The van der Waals surface area contributed by atoms with Crippen LogP contribution in [0.1, 0.15) is 12.0 Å². The number of nitriles is 1. The van der Waals surface area contributed by atoms with Gasteiger partial charge in [-0.3, -0.25) is 4.98 Å². The molecule has 5 heteroatoms. The Hall–Kier alpha value is -2.02. The van der Waals surface area contributed by atoms with Crippen LogP contribution in [0.3, 0.4) is 0 Å². The van der Waals surface area contributed by atoms with Crippen LogP contribution in [0.5, 0.6) is 5.75 Å². The van der Waals surface area contributed by atoms with E-state index in [9.17, 15) is 5.26 Å². The Labute approximate surface area is 139 Å². The Bertz CT molecular complexity index is 698. The summed E-state index contributed by atoms with van der Waals surface area (Å²) < 4.78 is 5.76. The second-order valence-corrected chi connectivity index (χ2v) is 5.61. The summed E-state index contributed by atoms with van der Waals surface area (Å²) in [5, 5.41) is 10.6. The fourth-order valence-electron chi connectivity index (χ4n) is 2.07. The number of benzene rings is 1. The van der Waals surface area contributed by atoms with Crippen LogP contribution in [0.2, 0.25) is 10.0 Å². The third-order valence-electron chi connectivity index (χ3n) is 3.30.